The lowest BCUT2D eigenvalue weighted by molar-refractivity contribution is -0.120. The predicted octanol–water partition coefficient (Wildman–Crippen LogP) is 4.31. The third kappa shape index (κ3) is 4.89. The predicted molar refractivity (Wildman–Crippen MR) is 119 cm³/mol. The quantitative estimate of drug-likeness (QED) is 0.601. The van der Waals surface area contributed by atoms with Crippen LogP contribution in [0, 0.1) is 0 Å². The Kier molecular flexibility index (Phi) is 6.45. The maximum absolute atomic E-state index is 12.6. The number of halogens is 1. The van der Waals surface area contributed by atoms with Gasteiger partial charge in [0.15, 0.2) is 0 Å². The topological polar surface area (TPSA) is 71.1 Å². The molecule has 0 fully saturated rings. The molecule has 1 aliphatic carbocycles. The first-order chi connectivity index (χ1) is 14.6. The lowest BCUT2D eigenvalue weighted by Crippen LogP contribution is -2.39. The van der Waals surface area contributed by atoms with Crippen LogP contribution in [0.25, 0.3) is 0 Å². The highest BCUT2D eigenvalue weighted by atomic mass is 35.5. The SMILES string of the molecule is O=C(CNC(=O)c1cc(Cl)ccn1)NC(c1ccc2c(c1)CCCC2)c1cccs1. The highest BCUT2D eigenvalue weighted by Gasteiger charge is 2.20. The van der Waals surface area contributed by atoms with Crippen molar-refractivity contribution in [1.82, 2.24) is 15.6 Å². The van der Waals surface area contributed by atoms with Crippen LogP contribution in [0.15, 0.2) is 54.0 Å². The van der Waals surface area contributed by atoms with E-state index in [2.05, 4.69) is 33.8 Å². The van der Waals surface area contributed by atoms with Gasteiger partial charge in [-0.2, -0.15) is 0 Å². The average molecular weight is 440 g/mol. The first-order valence-electron chi connectivity index (χ1n) is 9.94. The normalized spacial score (nSPS) is 13.9. The van der Waals surface area contributed by atoms with Crippen LogP contribution < -0.4 is 10.6 Å². The molecular weight excluding hydrogens is 418 g/mol. The summed E-state index contributed by atoms with van der Waals surface area (Å²) in [6.45, 7) is -0.139. The maximum Gasteiger partial charge on any atom is 0.270 e. The maximum atomic E-state index is 12.6. The second-order valence-electron chi connectivity index (χ2n) is 7.29. The highest BCUT2D eigenvalue weighted by Crippen LogP contribution is 2.30. The molecule has 1 atom stereocenters. The Morgan fingerprint density at radius 2 is 1.93 bits per heavy atom. The number of benzene rings is 1. The van der Waals surface area contributed by atoms with Crippen molar-refractivity contribution >= 4 is 34.8 Å². The molecule has 4 rings (SSSR count). The molecule has 1 aliphatic rings. The summed E-state index contributed by atoms with van der Waals surface area (Å²) in [4.78, 5) is 29.9. The van der Waals surface area contributed by atoms with Crippen molar-refractivity contribution in [1.29, 1.82) is 0 Å². The minimum atomic E-state index is -0.436. The Morgan fingerprint density at radius 3 is 2.70 bits per heavy atom. The van der Waals surface area contributed by atoms with Crippen molar-refractivity contribution in [3.8, 4) is 0 Å². The first-order valence-corrected chi connectivity index (χ1v) is 11.2. The summed E-state index contributed by atoms with van der Waals surface area (Å²) < 4.78 is 0. The Bertz CT molecular complexity index is 1050. The molecule has 0 radical (unpaired) electrons. The summed E-state index contributed by atoms with van der Waals surface area (Å²) in [6.07, 6.45) is 6.10. The van der Waals surface area contributed by atoms with Gasteiger partial charge in [-0.3, -0.25) is 14.6 Å². The number of hydrogen-bond acceptors (Lipinski definition) is 4. The van der Waals surface area contributed by atoms with E-state index in [0.717, 1.165) is 23.3 Å². The number of aromatic nitrogens is 1. The Labute approximate surface area is 184 Å². The molecular formula is C23H22ClN3O2S. The van der Waals surface area contributed by atoms with E-state index < -0.39 is 5.91 Å². The lowest BCUT2D eigenvalue weighted by atomic mass is 9.89. The van der Waals surface area contributed by atoms with Gasteiger partial charge in [-0.15, -0.1) is 11.3 Å². The fraction of sp³-hybridized carbons (Fsp3) is 0.261. The van der Waals surface area contributed by atoms with Crippen molar-refractivity contribution in [2.24, 2.45) is 0 Å². The van der Waals surface area contributed by atoms with E-state index in [1.54, 1.807) is 17.4 Å². The summed E-state index contributed by atoms with van der Waals surface area (Å²) in [7, 11) is 0. The van der Waals surface area contributed by atoms with Crippen LogP contribution >= 0.6 is 22.9 Å². The Balaban J connectivity index is 1.46. The van der Waals surface area contributed by atoms with Crippen LogP contribution in [0.1, 0.15) is 50.9 Å². The molecule has 0 spiro atoms. The summed E-state index contributed by atoms with van der Waals surface area (Å²) in [5.41, 5.74) is 4.02. The van der Waals surface area contributed by atoms with E-state index in [-0.39, 0.29) is 24.2 Å². The number of pyridine rings is 1. The van der Waals surface area contributed by atoms with Gasteiger partial charge in [0, 0.05) is 16.1 Å². The molecule has 2 aromatic heterocycles. The van der Waals surface area contributed by atoms with Crippen molar-refractivity contribution in [3.63, 3.8) is 0 Å². The van der Waals surface area contributed by atoms with Gasteiger partial charge < -0.3 is 10.6 Å². The van der Waals surface area contributed by atoms with Crippen LogP contribution in [0.4, 0.5) is 0 Å². The van der Waals surface area contributed by atoms with Crippen LogP contribution in [-0.4, -0.2) is 23.3 Å². The third-order valence-electron chi connectivity index (χ3n) is 5.20. The molecule has 3 aromatic rings. The summed E-state index contributed by atoms with van der Waals surface area (Å²) in [5.74, 6) is -0.699. The van der Waals surface area contributed by atoms with Crippen LogP contribution in [0.2, 0.25) is 5.02 Å². The number of carbonyl (C=O) groups excluding carboxylic acids is 2. The molecule has 0 saturated carbocycles. The number of rotatable bonds is 6. The van der Waals surface area contributed by atoms with Crippen LogP contribution in [0.5, 0.6) is 0 Å². The number of nitrogens with zero attached hydrogens (tertiary/aromatic N) is 1. The van der Waals surface area contributed by atoms with E-state index >= 15 is 0 Å². The molecule has 154 valence electrons. The lowest BCUT2D eigenvalue weighted by Gasteiger charge is -2.22. The van der Waals surface area contributed by atoms with E-state index in [1.165, 1.54) is 36.2 Å². The van der Waals surface area contributed by atoms with Crippen molar-refractivity contribution in [2.75, 3.05) is 6.54 Å². The van der Waals surface area contributed by atoms with Gasteiger partial charge >= 0.3 is 0 Å². The minimum Gasteiger partial charge on any atom is -0.343 e. The van der Waals surface area contributed by atoms with Crippen molar-refractivity contribution in [3.05, 3.63) is 86.3 Å². The summed E-state index contributed by atoms with van der Waals surface area (Å²) in [6, 6.07) is 13.3. The zero-order chi connectivity index (χ0) is 20.9. The van der Waals surface area contributed by atoms with E-state index in [9.17, 15) is 9.59 Å². The average Bonchev–Trinajstić information content (AvgIpc) is 3.30. The monoisotopic (exact) mass is 439 g/mol. The molecule has 2 heterocycles. The molecule has 30 heavy (non-hydrogen) atoms. The Hall–Kier alpha value is -2.70. The molecule has 7 heteroatoms. The molecule has 2 N–H and O–H groups in total. The fourth-order valence-corrected chi connectivity index (χ4v) is 4.66. The zero-order valence-electron chi connectivity index (χ0n) is 16.4. The van der Waals surface area contributed by atoms with E-state index in [1.807, 2.05) is 17.5 Å². The number of nitrogens with one attached hydrogen (secondary N) is 2. The van der Waals surface area contributed by atoms with Gasteiger partial charge in [-0.1, -0.05) is 35.9 Å². The number of amides is 2. The third-order valence-corrected chi connectivity index (χ3v) is 6.38. The number of thiophene rings is 1. The van der Waals surface area contributed by atoms with E-state index in [4.69, 9.17) is 11.6 Å². The first kappa shape index (κ1) is 20.6. The number of fused-ring (bicyclic) bond motifs is 1. The second kappa shape index (κ2) is 9.41. The standard InChI is InChI=1S/C23H22ClN3O2S/c24-18-9-10-25-19(13-18)23(29)26-14-21(28)27-22(20-6-3-11-30-20)17-8-7-15-4-1-2-5-16(15)12-17/h3,6-13,22H,1-2,4-5,14H2,(H,26,29)(H,27,28). The minimum absolute atomic E-state index is 0.139. The molecule has 0 saturated heterocycles. The molecule has 5 nitrogen and oxygen atoms in total. The molecule has 1 aromatic carbocycles. The summed E-state index contributed by atoms with van der Waals surface area (Å²) >= 11 is 7.50. The number of hydrogen-bond donors (Lipinski definition) is 2. The molecule has 1 unspecified atom stereocenters. The van der Waals surface area contributed by atoms with Gasteiger partial charge in [-0.05, 0) is 66.0 Å². The Morgan fingerprint density at radius 1 is 1.10 bits per heavy atom. The number of aryl methyl sites for hydroxylation is 2. The molecule has 0 aliphatic heterocycles. The van der Waals surface area contributed by atoms with Crippen molar-refractivity contribution in [2.45, 2.75) is 31.7 Å². The summed E-state index contributed by atoms with van der Waals surface area (Å²) in [5, 5.41) is 8.10. The van der Waals surface area contributed by atoms with Gasteiger partial charge in [0.25, 0.3) is 5.91 Å². The molecule has 0 bridgehead atoms. The fourth-order valence-electron chi connectivity index (χ4n) is 3.70. The largest absolute Gasteiger partial charge is 0.343 e. The van der Waals surface area contributed by atoms with Gasteiger partial charge in [0.2, 0.25) is 5.91 Å². The van der Waals surface area contributed by atoms with Crippen LogP contribution in [-0.2, 0) is 17.6 Å². The van der Waals surface area contributed by atoms with Gasteiger partial charge in [-0.25, -0.2) is 0 Å². The second-order valence-corrected chi connectivity index (χ2v) is 8.71. The zero-order valence-corrected chi connectivity index (χ0v) is 17.9. The van der Waals surface area contributed by atoms with Crippen molar-refractivity contribution < 1.29 is 9.59 Å². The molecule has 2 amide bonds. The van der Waals surface area contributed by atoms with Crippen LogP contribution in [0.3, 0.4) is 0 Å². The highest BCUT2D eigenvalue weighted by molar-refractivity contribution is 7.10. The van der Waals surface area contributed by atoms with Gasteiger partial charge in [0.05, 0.1) is 12.6 Å². The number of carbonyl (C=O) groups is 2. The van der Waals surface area contributed by atoms with Gasteiger partial charge in [0.1, 0.15) is 5.69 Å². The van der Waals surface area contributed by atoms with E-state index in [0.29, 0.717) is 5.02 Å². The smallest absolute Gasteiger partial charge is 0.270 e.